The standard InChI is InChI=1S/C39H25N/c1-2-8-26(9-3-1)29-19-21-34-35-22-20-30(25-38(35)33-11-5-4-10-32(33)37(34)24-29)27-15-17-28(18-16-27)31-12-6-14-39-36(31)13-7-23-40-39/h1-25H. The fourth-order valence-corrected chi connectivity index (χ4v) is 6.14. The Balaban J connectivity index is 1.27. The van der Waals surface area contributed by atoms with E-state index in [1.165, 1.54) is 71.1 Å². The van der Waals surface area contributed by atoms with Gasteiger partial charge in [0, 0.05) is 11.6 Å². The SMILES string of the molecule is c1ccc(-c2ccc3c4ccc(-c5ccc(-c6cccc7ncccc67)cc5)cc4c4ccccc4c3c2)cc1. The zero-order valence-corrected chi connectivity index (χ0v) is 21.9. The Morgan fingerprint density at radius 3 is 1.50 bits per heavy atom. The van der Waals surface area contributed by atoms with Crippen LogP contribution in [0.2, 0.25) is 0 Å². The van der Waals surface area contributed by atoms with Crippen LogP contribution in [0.15, 0.2) is 152 Å². The lowest BCUT2D eigenvalue weighted by atomic mass is 9.90. The first kappa shape index (κ1) is 22.7. The van der Waals surface area contributed by atoms with Gasteiger partial charge in [0.1, 0.15) is 0 Å². The molecule has 0 radical (unpaired) electrons. The van der Waals surface area contributed by atoms with Crippen molar-refractivity contribution in [1.82, 2.24) is 4.98 Å². The zero-order valence-electron chi connectivity index (χ0n) is 21.9. The zero-order chi connectivity index (χ0) is 26.5. The van der Waals surface area contributed by atoms with Crippen LogP contribution >= 0.6 is 0 Å². The largest absolute Gasteiger partial charge is 0.256 e. The molecule has 1 aromatic heterocycles. The summed E-state index contributed by atoms with van der Waals surface area (Å²) in [5.41, 5.74) is 8.37. The molecule has 0 aliphatic carbocycles. The van der Waals surface area contributed by atoms with Gasteiger partial charge >= 0.3 is 0 Å². The maximum absolute atomic E-state index is 4.53. The van der Waals surface area contributed by atoms with Crippen LogP contribution in [0, 0.1) is 0 Å². The lowest BCUT2D eigenvalue weighted by molar-refractivity contribution is 1.41. The molecule has 0 atom stereocenters. The van der Waals surface area contributed by atoms with Crippen molar-refractivity contribution in [3.8, 4) is 33.4 Å². The molecular formula is C39H25N. The number of pyridine rings is 1. The van der Waals surface area contributed by atoms with E-state index in [1.807, 2.05) is 12.3 Å². The second kappa shape index (κ2) is 9.18. The van der Waals surface area contributed by atoms with Crippen LogP contribution < -0.4 is 0 Å². The summed E-state index contributed by atoms with van der Waals surface area (Å²) in [6, 6.07) is 52.7. The number of nitrogens with zero attached hydrogens (tertiary/aromatic N) is 1. The van der Waals surface area contributed by atoms with Gasteiger partial charge in [-0.15, -0.1) is 0 Å². The second-order valence-corrected chi connectivity index (χ2v) is 10.4. The highest BCUT2D eigenvalue weighted by Crippen LogP contribution is 2.39. The molecule has 0 saturated carbocycles. The molecule has 0 unspecified atom stereocenters. The Kier molecular flexibility index (Phi) is 5.21. The predicted octanol–water partition coefficient (Wildman–Crippen LogP) is 10.7. The summed E-state index contributed by atoms with van der Waals surface area (Å²) >= 11 is 0. The molecule has 0 saturated heterocycles. The van der Waals surface area contributed by atoms with E-state index in [1.54, 1.807) is 0 Å². The van der Waals surface area contributed by atoms with Gasteiger partial charge < -0.3 is 0 Å². The van der Waals surface area contributed by atoms with Crippen molar-refractivity contribution in [3.63, 3.8) is 0 Å². The van der Waals surface area contributed by atoms with E-state index in [0.717, 1.165) is 5.52 Å². The van der Waals surface area contributed by atoms with Gasteiger partial charge in [-0.3, -0.25) is 4.98 Å². The third-order valence-electron chi connectivity index (χ3n) is 8.12. The van der Waals surface area contributed by atoms with Crippen LogP contribution in [-0.2, 0) is 0 Å². The molecule has 0 spiro atoms. The summed E-state index contributed by atoms with van der Waals surface area (Å²) in [5, 5.41) is 8.93. The fourth-order valence-electron chi connectivity index (χ4n) is 6.14. The normalized spacial score (nSPS) is 11.5. The van der Waals surface area contributed by atoms with Crippen LogP contribution in [0.1, 0.15) is 0 Å². The highest BCUT2D eigenvalue weighted by Gasteiger charge is 2.12. The molecule has 1 nitrogen and oxygen atoms in total. The molecule has 0 aliphatic rings. The Hall–Kier alpha value is -5.27. The van der Waals surface area contributed by atoms with E-state index >= 15 is 0 Å². The summed E-state index contributed by atoms with van der Waals surface area (Å²) in [4.78, 5) is 4.53. The van der Waals surface area contributed by atoms with Crippen molar-refractivity contribution in [2.45, 2.75) is 0 Å². The first-order valence-electron chi connectivity index (χ1n) is 13.7. The Morgan fingerprint density at radius 1 is 0.300 bits per heavy atom. The van der Waals surface area contributed by atoms with Gasteiger partial charge in [-0.25, -0.2) is 0 Å². The van der Waals surface area contributed by atoms with Crippen LogP contribution in [-0.4, -0.2) is 4.98 Å². The first-order valence-corrected chi connectivity index (χ1v) is 13.7. The summed E-state index contributed by atoms with van der Waals surface area (Å²) in [6.07, 6.45) is 1.85. The Labute approximate surface area is 233 Å². The van der Waals surface area contributed by atoms with Gasteiger partial charge in [0.15, 0.2) is 0 Å². The van der Waals surface area contributed by atoms with E-state index in [-0.39, 0.29) is 0 Å². The van der Waals surface area contributed by atoms with E-state index in [2.05, 4.69) is 145 Å². The van der Waals surface area contributed by atoms with Crippen LogP contribution in [0.3, 0.4) is 0 Å². The molecule has 186 valence electrons. The van der Waals surface area contributed by atoms with Crippen molar-refractivity contribution in [2.24, 2.45) is 0 Å². The monoisotopic (exact) mass is 507 g/mol. The number of aromatic nitrogens is 1. The van der Waals surface area contributed by atoms with Gasteiger partial charge in [0.2, 0.25) is 0 Å². The molecule has 7 aromatic carbocycles. The van der Waals surface area contributed by atoms with Crippen molar-refractivity contribution >= 4 is 43.2 Å². The summed E-state index contributed by atoms with van der Waals surface area (Å²) in [7, 11) is 0. The van der Waals surface area contributed by atoms with E-state index < -0.39 is 0 Å². The molecular weight excluding hydrogens is 482 g/mol. The number of rotatable bonds is 3. The summed E-state index contributed by atoms with van der Waals surface area (Å²) < 4.78 is 0. The summed E-state index contributed by atoms with van der Waals surface area (Å²) in [6.45, 7) is 0. The van der Waals surface area contributed by atoms with Crippen LogP contribution in [0.5, 0.6) is 0 Å². The molecule has 0 amide bonds. The highest BCUT2D eigenvalue weighted by atomic mass is 14.6. The Bertz CT molecular complexity index is 2170. The minimum absolute atomic E-state index is 1.02. The maximum atomic E-state index is 4.53. The highest BCUT2D eigenvalue weighted by molar-refractivity contribution is 6.26. The van der Waals surface area contributed by atoms with Crippen molar-refractivity contribution in [2.75, 3.05) is 0 Å². The minimum Gasteiger partial charge on any atom is -0.256 e. The average molecular weight is 508 g/mol. The average Bonchev–Trinajstić information content (AvgIpc) is 3.04. The number of fused-ring (bicyclic) bond motifs is 7. The van der Waals surface area contributed by atoms with Crippen LogP contribution in [0.4, 0.5) is 0 Å². The quantitative estimate of drug-likeness (QED) is 0.217. The molecule has 0 aliphatic heterocycles. The molecule has 8 aromatic rings. The number of benzene rings is 7. The van der Waals surface area contributed by atoms with Gasteiger partial charge in [0.05, 0.1) is 5.52 Å². The number of hydrogen-bond donors (Lipinski definition) is 0. The number of hydrogen-bond acceptors (Lipinski definition) is 1. The van der Waals surface area contributed by atoms with Gasteiger partial charge in [0.25, 0.3) is 0 Å². The molecule has 8 rings (SSSR count). The third-order valence-corrected chi connectivity index (χ3v) is 8.12. The molecule has 1 heteroatoms. The van der Waals surface area contributed by atoms with Crippen LogP contribution in [0.25, 0.3) is 76.6 Å². The van der Waals surface area contributed by atoms with E-state index in [9.17, 15) is 0 Å². The lowest BCUT2D eigenvalue weighted by Crippen LogP contribution is -1.87. The topological polar surface area (TPSA) is 12.9 Å². The minimum atomic E-state index is 1.02. The second-order valence-electron chi connectivity index (χ2n) is 10.4. The predicted molar refractivity (Wildman–Crippen MR) is 171 cm³/mol. The van der Waals surface area contributed by atoms with E-state index in [4.69, 9.17) is 0 Å². The van der Waals surface area contributed by atoms with Gasteiger partial charge in [-0.2, -0.15) is 0 Å². The van der Waals surface area contributed by atoms with Crippen molar-refractivity contribution in [1.29, 1.82) is 0 Å². The molecule has 0 N–H and O–H groups in total. The molecule has 1 heterocycles. The molecule has 0 fully saturated rings. The van der Waals surface area contributed by atoms with Gasteiger partial charge in [-0.1, -0.05) is 121 Å². The van der Waals surface area contributed by atoms with Gasteiger partial charge in [-0.05, 0) is 90.0 Å². The fraction of sp³-hybridized carbons (Fsp3) is 0. The van der Waals surface area contributed by atoms with Crippen molar-refractivity contribution < 1.29 is 0 Å². The lowest BCUT2D eigenvalue weighted by Gasteiger charge is -2.14. The molecule has 0 bridgehead atoms. The summed E-state index contributed by atoms with van der Waals surface area (Å²) in [5.74, 6) is 0. The molecule has 40 heavy (non-hydrogen) atoms. The first-order chi connectivity index (χ1) is 19.8. The Morgan fingerprint density at radius 2 is 0.825 bits per heavy atom. The maximum Gasteiger partial charge on any atom is 0.0708 e. The van der Waals surface area contributed by atoms with E-state index in [0.29, 0.717) is 0 Å². The smallest absolute Gasteiger partial charge is 0.0708 e. The van der Waals surface area contributed by atoms with Crippen molar-refractivity contribution in [3.05, 3.63) is 152 Å². The third kappa shape index (κ3) is 3.67.